The van der Waals surface area contributed by atoms with Gasteiger partial charge in [-0.3, -0.25) is 14.6 Å². The van der Waals surface area contributed by atoms with Crippen molar-refractivity contribution in [3.05, 3.63) is 60.2 Å². The van der Waals surface area contributed by atoms with Gasteiger partial charge in [0.25, 0.3) is 5.91 Å². The number of aromatic nitrogens is 2. The van der Waals surface area contributed by atoms with Crippen LogP contribution in [0.4, 0.5) is 0 Å². The molecule has 2 aromatic rings. The molecule has 0 spiro atoms. The van der Waals surface area contributed by atoms with Crippen molar-refractivity contribution in [3.63, 3.8) is 0 Å². The van der Waals surface area contributed by atoms with Crippen molar-refractivity contribution in [2.24, 2.45) is 5.92 Å². The monoisotopic (exact) mass is 564 g/mol. The Hall–Kier alpha value is -2.82. The van der Waals surface area contributed by atoms with E-state index in [1.807, 2.05) is 30.3 Å². The Morgan fingerprint density at radius 1 is 1.10 bits per heavy atom. The first kappa shape index (κ1) is 32.7. The number of carbonyl (C=O) groups excluding carboxylic acids is 2. The Morgan fingerprint density at radius 3 is 2.54 bits per heavy atom. The Bertz CT molecular complexity index is 1060. The highest BCUT2D eigenvalue weighted by atomic mass is 16.5. The second kappa shape index (κ2) is 16.6. The lowest BCUT2D eigenvalue weighted by Crippen LogP contribution is -2.58. The van der Waals surface area contributed by atoms with Gasteiger partial charge in [-0.25, -0.2) is 4.98 Å². The van der Waals surface area contributed by atoms with Crippen LogP contribution in [0.25, 0.3) is 0 Å². The first-order chi connectivity index (χ1) is 19.7. The maximum Gasteiger partial charge on any atom is 0.406 e. The molecule has 1 fully saturated rings. The number of benzene rings is 1. The number of unbranched alkanes of at least 4 members (excludes halogenated alkanes) is 3. The normalized spacial score (nSPS) is 18.8. The predicted molar refractivity (Wildman–Crippen MR) is 164 cm³/mol. The van der Waals surface area contributed by atoms with E-state index in [1.54, 1.807) is 0 Å². The highest BCUT2D eigenvalue weighted by Gasteiger charge is 2.47. The smallest absolute Gasteiger partial charge is 0.406 e. The van der Waals surface area contributed by atoms with Gasteiger partial charge in [0.2, 0.25) is 5.91 Å². The molecule has 3 rings (SSSR count). The van der Waals surface area contributed by atoms with Gasteiger partial charge in [-0.2, -0.15) is 0 Å². The summed E-state index contributed by atoms with van der Waals surface area (Å²) < 4.78 is 6.71. The molecule has 0 aliphatic carbocycles. The number of carbonyl (C=O) groups is 2. The summed E-state index contributed by atoms with van der Waals surface area (Å²) >= 11 is 0. The molecule has 3 N–H and O–H groups in total. The molecule has 224 valence electrons. The second-order valence-corrected chi connectivity index (χ2v) is 11.9. The molecule has 3 atom stereocenters. The van der Waals surface area contributed by atoms with Gasteiger partial charge in [-0.1, -0.05) is 70.4 Å². The standard InChI is InChI=1S/C31H49BN6O3/c1-6-33-17-13-8-7-12-16-31(4)23-38(5)32(41-31)28(20-24(2)3)37-29(39)26(21-25-14-10-9-11-15-25)36-30(40)27-22-34-18-19-35-27/h9-11,14-15,18-19,22,24,26,28,33H,6-8,12-13,16-17,20-21,23H2,1-5H3,(H,36,40)(H,37,39). The second-order valence-electron chi connectivity index (χ2n) is 11.9. The van der Waals surface area contributed by atoms with Gasteiger partial charge in [-0.05, 0) is 57.8 Å². The van der Waals surface area contributed by atoms with E-state index in [0.29, 0.717) is 12.3 Å². The summed E-state index contributed by atoms with van der Waals surface area (Å²) in [6, 6.07) is 8.94. The fourth-order valence-electron chi connectivity index (χ4n) is 5.59. The van der Waals surface area contributed by atoms with Gasteiger partial charge in [0, 0.05) is 25.4 Å². The van der Waals surface area contributed by atoms with Crippen molar-refractivity contribution >= 4 is 18.9 Å². The molecule has 2 heterocycles. The van der Waals surface area contributed by atoms with Crippen molar-refractivity contribution in [1.29, 1.82) is 0 Å². The van der Waals surface area contributed by atoms with Gasteiger partial charge in [-0.15, -0.1) is 0 Å². The molecule has 0 saturated carbocycles. The molecule has 0 radical (unpaired) electrons. The maximum atomic E-state index is 13.8. The molecule has 3 unspecified atom stereocenters. The molecule has 10 heteroatoms. The molecule has 41 heavy (non-hydrogen) atoms. The SMILES string of the molecule is CCNCCCCCCC1(C)CN(C)B(C(CC(C)C)NC(=O)C(Cc2ccccc2)NC(=O)c2cnccn2)O1. The van der Waals surface area contributed by atoms with Crippen LogP contribution < -0.4 is 16.0 Å². The van der Waals surface area contributed by atoms with Gasteiger partial charge >= 0.3 is 7.05 Å². The third kappa shape index (κ3) is 10.8. The van der Waals surface area contributed by atoms with Crippen LogP contribution >= 0.6 is 0 Å². The molecular formula is C31H49BN6O3. The molecular weight excluding hydrogens is 515 g/mol. The van der Waals surface area contributed by atoms with Crippen molar-refractivity contribution in [2.75, 3.05) is 26.7 Å². The average Bonchev–Trinajstić information content (AvgIpc) is 3.26. The van der Waals surface area contributed by atoms with Crippen LogP contribution in [0, 0.1) is 5.92 Å². The predicted octanol–water partition coefficient (Wildman–Crippen LogP) is 3.66. The number of amides is 2. The fourth-order valence-corrected chi connectivity index (χ4v) is 5.59. The summed E-state index contributed by atoms with van der Waals surface area (Å²) in [7, 11) is 1.83. The number of hydrogen-bond donors (Lipinski definition) is 3. The number of nitrogens with one attached hydrogen (secondary N) is 3. The largest absolute Gasteiger partial charge is 0.413 e. The molecule has 1 aliphatic rings. The average molecular weight is 565 g/mol. The zero-order valence-corrected chi connectivity index (χ0v) is 25.6. The lowest BCUT2D eigenvalue weighted by molar-refractivity contribution is -0.123. The van der Waals surface area contributed by atoms with E-state index in [0.717, 1.165) is 44.5 Å². The highest BCUT2D eigenvalue weighted by Crippen LogP contribution is 2.30. The highest BCUT2D eigenvalue weighted by molar-refractivity contribution is 6.51. The number of likely N-dealkylation sites (N-methyl/N-ethyl adjacent to an activating group) is 1. The number of nitrogens with zero attached hydrogens (tertiary/aromatic N) is 3. The van der Waals surface area contributed by atoms with Crippen LogP contribution in [-0.4, -0.2) is 77.9 Å². The molecule has 0 bridgehead atoms. The Labute approximate surface area is 246 Å². The van der Waals surface area contributed by atoms with Gasteiger partial charge in [0.1, 0.15) is 11.7 Å². The van der Waals surface area contributed by atoms with E-state index >= 15 is 0 Å². The van der Waals surface area contributed by atoms with Crippen LogP contribution in [0.1, 0.15) is 82.3 Å². The zero-order chi connectivity index (χ0) is 29.7. The van der Waals surface area contributed by atoms with Crippen LogP contribution in [0.2, 0.25) is 0 Å². The third-order valence-electron chi connectivity index (χ3n) is 7.58. The summed E-state index contributed by atoms with van der Waals surface area (Å²) in [4.78, 5) is 37.1. The first-order valence-electron chi connectivity index (χ1n) is 15.2. The van der Waals surface area contributed by atoms with E-state index in [9.17, 15) is 9.59 Å². The molecule has 1 aromatic heterocycles. The topological polar surface area (TPSA) is 108 Å². The van der Waals surface area contributed by atoms with Crippen LogP contribution in [0.3, 0.4) is 0 Å². The van der Waals surface area contributed by atoms with Gasteiger partial charge in [0.15, 0.2) is 0 Å². The molecule has 1 saturated heterocycles. The molecule has 1 aromatic carbocycles. The summed E-state index contributed by atoms with van der Waals surface area (Å²) in [5.41, 5.74) is 0.873. The summed E-state index contributed by atoms with van der Waals surface area (Å²) in [5.74, 6) is -0.534. The molecule has 1 aliphatic heterocycles. The third-order valence-corrected chi connectivity index (χ3v) is 7.58. The van der Waals surface area contributed by atoms with Crippen molar-refractivity contribution in [1.82, 2.24) is 30.7 Å². The fraction of sp³-hybridized carbons (Fsp3) is 0.613. The van der Waals surface area contributed by atoms with E-state index in [4.69, 9.17) is 4.65 Å². The quantitative estimate of drug-likeness (QED) is 0.199. The zero-order valence-electron chi connectivity index (χ0n) is 25.6. The maximum absolute atomic E-state index is 13.8. The van der Waals surface area contributed by atoms with E-state index in [1.165, 1.54) is 37.9 Å². The minimum Gasteiger partial charge on any atom is -0.413 e. The number of rotatable bonds is 17. The van der Waals surface area contributed by atoms with Crippen molar-refractivity contribution in [3.8, 4) is 0 Å². The summed E-state index contributed by atoms with van der Waals surface area (Å²) in [5, 5.41) is 9.55. The van der Waals surface area contributed by atoms with Crippen LogP contribution in [-0.2, 0) is 15.9 Å². The van der Waals surface area contributed by atoms with Crippen molar-refractivity contribution < 1.29 is 14.2 Å². The van der Waals surface area contributed by atoms with E-state index < -0.39 is 11.9 Å². The molecule has 2 amide bonds. The van der Waals surface area contributed by atoms with Gasteiger partial charge in [0.05, 0.1) is 17.7 Å². The lowest BCUT2D eigenvalue weighted by Gasteiger charge is -2.29. The first-order valence-corrected chi connectivity index (χ1v) is 15.2. The number of hydrogen-bond acceptors (Lipinski definition) is 7. The van der Waals surface area contributed by atoms with E-state index in [2.05, 4.69) is 65.5 Å². The Balaban J connectivity index is 1.68. The minimum atomic E-state index is -0.776. The summed E-state index contributed by atoms with van der Waals surface area (Å²) in [6.45, 7) is 11.5. The van der Waals surface area contributed by atoms with Crippen LogP contribution in [0.15, 0.2) is 48.9 Å². The lowest BCUT2D eigenvalue weighted by atomic mass is 9.68. The van der Waals surface area contributed by atoms with Crippen molar-refractivity contribution in [2.45, 2.75) is 90.2 Å². The van der Waals surface area contributed by atoms with E-state index in [-0.39, 0.29) is 30.2 Å². The Morgan fingerprint density at radius 2 is 1.85 bits per heavy atom. The Kier molecular flexibility index (Phi) is 13.2. The minimum absolute atomic E-state index is 0.174. The molecule has 9 nitrogen and oxygen atoms in total. The summed E-state index contributed by atoms with van der Waals surface area (Å²) in [6.07, 6.45) is 11.2. The van der Waals surface area contributed by atoms with Crippen LogP contribution in [0.5, 0.6) is 0 Å². The van der Waals surface area contributed by atoms with Gasteiger partial charge < -0.3 is 25.4 Å².